The smallest absolute Gasteiger partial charge is 0.418 e. The first-order valence-electron chi connectivity index (χ1n) is 8.08. The Morgan fingerprint density at radius 3 is 2.72 bits per heavy atom. The Balaban J connectivity index is 2.13. The van der Waals surface area contributed by atoms with Gasteiger partial charge in [-0.05, 0) is 31.9 Å². The molecule has 1 fully saturated rings. The molecule has 1 aliphatic rings. The van der Waals surface area contributed by atoms with Gasteiger partial charge in [-0.3, -0.25) is 4.98 Å². The third kappa shape index (κ3) is 3.49. The number of esters is 1. The summed E-state index contributed by atoms with van der Waals surface area (Å²) in [7, 11) is 0. The molecule has 0 bridgehead atoms. The van der Waals surface area contributed by atoms with Crippen LogP contribution in [0.3, 0.4) is 0 Å². The fourth-order valence-corrected chi connectivity index (χ4v) is 2.98. The van der Waals surface area contributed by atoms with Gasteiger partial charge in [-0.2, -0.15) is 18.2 Å². The van der Waals surface area contributed by atoms with Crippen LogP contribution in [0.2, 0.25) is 0 Å². The molecule has 2 heterocycles. The molecule has 1 aliphatic carbocycles. The molecule has 2 aromatic rings. The number of pyridine rings is 1. The molecule has 6 nitrogen and oxygen atoms in total. The van der Waals surface area contributed by atoms with E-state index < -0.39 is 17.7 Å². The number of carbonyl (C=O) groups excluding carboxylic acids is 1. The van der Waals surface area contributed by atoms with E-state index in [-0.39, 0.29) is 30.0 Å². The first-order valence-corrected chi connectivity index (χ1v) is 8.08. The highest BCUT2D eigenvalue weighted by atomic mass is 19.4. The van der Waals surface area contributed by atoms with Gasteiger partial charge >= 0.3 is 12.1 Å². The van der Waals surface area contributed by atoms with Gasteiger partial charge in [0.25, 0.3) is 5.82 Å². The maximum Gasteiger partial charge on any atom is 0.418 e. The maximum atomic E-state index is 13.3. The van der Waals surface area contributed by atoms with E-state index in [1.54, 1.807) is 6.92 Å². The van der Waals surface area contributed by atoms with Crippen LogP contribution >= 0.6 is 0 Å². The van der Waals surface area contributed by atoms with E-state index in [0.717, 1.165) is 31.7 Å². The minimum atomic E-state index is -4.58. The Morgan fingerprint density at radius 2 is 2.08 bits per heavy atom. The highest BCUT2D eigenvalue weighted by Crippen LogP contribution is 2.37. The van der Waals surface area contributed by atoms with Gasteiger partial charge in [0.1, 0.15) is 5.69 Å². The quantitative estimate of drug-likeness (QED) is 0.784. The SMILES string of the molecule is CCOC(=O)c1nc(-c2ncccc2C(F)(F)F)n(C2CCCC2)n1. The fourth-order valence-electron chi connectivity index (χ4n) is 2.98. The van der Waals surface area contributed by atoms with Gasteiger partial charge in [0, 0.05) is 6.20 Å². The minimum Gasteiger partial charge on any atom is -0.460 e. The highest BCUT2D eigenvalue weighted by molar-refractivity contribution is 5.85. The number of halogens is 3. The molecule has 0 unspecified atom stereocenters. The molecule has 25 heavy (non-hydrogen) atoms. The highest BCUT2D eigenvalue weighted by Gasteiger charge is 2.37. The van der Waals surface area contributed by atoms with Crippen molar-refractivity contribution in [2.24, 2.45) is 0 Å². The lowest BCUT2D eigenvalue weighted by Crippen LogP contribution is -2.14. The Hall–Kier alpha value is -2.45. The molecule has 0 amide bonds. The zero-order valence-corrected chi connectivity index (χ0v) is 13.6. The van der Waals surface area contributed by atoms with Crippen LogP contribution in [0, 0.1) is 0 Å². The van der Waals surface area contributed by atoms with E-state index in [1.165, 1.54) is 16.9 Å². The Labute approximate surface area is 142 Å². The molecule has 1 saturated carbocycles. The van der Waals surface area contributed by atoms with Crippen LogP contribution in [0.25, 0.3) is 11.5 Å². The normalized spacial score (nSPS) is 15.5. The summed E-state index contributed by atoms with van der Waals surface area (Å²) in [6.45, 7) is 1.76. The largest absolute Gasteiger partial charge is 0.460 e. The van der Waals surface area contributed by atoms with Gasteiger partial charge in [-0.25, -0.2) is 9.48 Å². The summed E-state index contributed by atoms with van der Waals surface area (Å²) in [4.78, 5) is 19.8. The van der Waals surface area contributed by atoms with E-state index >= 15 is 0 Å². The van der Waals surface area contributed by atoms with Crippen LogP contribution < -0.4 is 0 Å². The molecule has 9 heteroatoms. The number of rotatable bonds is 4. The van der Waals surface area contributed by atoms with Crippen molar-refractivity contribution < 1.29 is 22.7 Å². The third-order valence-corrected chi connectivity index (χ3v) is 4.08. The number of ether oxygens (including phenoxy) is 1. The number of aromatic nitrogens is 4. The van der Waals surface area contributed by atoms with Crippen molar-refractivity contribution in [3.63, 3.8) is 0 Å². The molecule has 2 aromatic heterocycles. The lowest BCUT2D eigenvalue weighted by Gasteiger charge is -2.15. The number of hydrogen-bond acceptors (Lipinski definition) is 5. The van der Waals surface area contributed by atoms with Gasteiger partial charge in [0.05, 0.1) is 18.2 Å². The predicted molar refractivity (Wildman–Crippen MR) is 81.7 cm³/mol. The fraction of sp³-hybridized carbons (Fsp3) is 0.500. The van der Waals surface area contributed by atoms with Crippen molar-refractivity contribution in [1.82, 2.24) is 19.7 Å². The first kappa shape index (κ1) is 17.4. The maximum absolute atomic E-state index is 13.3. The third-order valence-electron chi connectivity index (χ3n) is 4.08. The van der Waals surface area contributed by atoms with Crippen LogP contribution in [-0.2, 0) is 10.9 Å². The van der Waals surface area contributed by atoms with Crippen molar-refractivity contribution in [1.29, 1.82) is 0 Å². The average Bonchev–Trinajstić information content (AvgIpc) is 3.23. The zero-order valence-electron chi connectivity index (χ0n) is 13.6. The second-order valence-corrected chi connectivity index (χ2v) is 5.76. The number of carbonyl (C=O) groups is 1. The molecule has 0 atom stereocenters. The topological polar surface area (TPSA) is 69.9 Å². The second-order valence-electron chi connectivity index (χ2n) is 5.76. The number of nitrogens with zero attached hydrogens (tertiary/aromatic N) is 4. The summed E-state index contributed by atoms with van der Waals surface area (Å²) in [6.07, 6.45) is 0.127. The molecule has 0 aromatic carbocycles. The van der Waals surface area contributed by atoms with Crippen LogP contribution in [0.5, 0.6) is 0 Å². The average molecular weight is 354 g/mol. The molecule has 0 aliphatic heterocycles. The van der Waals surface area contributed by atoms with Gasteiger partial charge in [-0.1, -0.05) is 12.8 Å². The molecular weight excluding hydrogens is 337 g/mol. The van der Waals surface area contributed by atoms with Gasteiger partial charge in [0.15, 0.2) is 5.82 Å². The predicted octanol–water partition coefficient (Wildman–Crippen LogP) is 3.65. The molecule has 3 rings (SSSR count). The van der Waals surface area contributed by atoms with Crippen molar-refractivity contribution in [2.45, 2.75) is 44.8 Å². The monoisotopic (exact) mass is 354 g/mol. The van der Waals surface area contributed by atoms with E-state index in [2.05, 4.69) is 15.1 Å². The van der Waals surface area contributed by atoms with Crippen LogP contribution in [0.15, 0.2) is 18.3 Å². The minimum absolute atomic E-state index is 0.0529. The Kier molecular flexibility index (Phi) is 4.73. The molecule has 0 radical (unpaired) electrons. The summed E-state index contributed by atoms with van der Waals surface area (Å²) >= 11 is 0. The molecule has 134 valence electrons. The summed E-state index contributed by atoms with van der Waals surface area (Å²) < 4.78 is 46.3. The van der Waals surface area contributed by atoms with Crippen molar-refractivity contribution in [2.75, 3.05) is 6.61 Å². The van der Waals surface area contributed by atoms with E-state index in [0.29, 0.717) is 0 Å². The van der Waals surface area contributed by atoms with Crippen LogP contribution in [-0.4, -0.2) is 32.3 Å². The molecular formula is C16H17F3N4O2. The van der Waals surface area contributed by atoms with Crippen molar-refractivity contribution >= 4 is 5.97 Å². The number of hydrogen-bond donors (Lipinski definition) is 0. The lowest BCUT2D eigenvalue weighted by molar-refractivity contribution is -0.137. The lowest BCUT2D eigenvalue weighted by atomic mass is 10.1. The summed E-state index contributed by atoms with van der Waals surface area (Å²) in [6, 6.07) is 2.06. The van der Waals surface area contributed by atoms with Crippen LogP contribution in [0.1, 0.15) is 54.8 Å². The van der Waals surface area contributed by atoms with Crippen LogP contribution in [0.4, 0.5) is 13.2 Å². The summed E-state index contributed by atoms with van der Waals surface area (Å²) in [5.74, 6) is -1.06. The van der Waals surface area contributed by atoms with Crippen molar-refractivity contribution in [3.05, 3.63) is 29.7 Å². The Bertz CT molecular complexity index is 767. The van der Waals surface area contributed by atoms with E-state index in [9.17, 15) is 18.0 Å². The second kappa shape index (κ2) is 6.81. The van der Waals surface area contributed by atoms with E-state index in [4.69, 9.17) is 4.74 Å². The van der Waals surface area contributed by atoms with Gasteiger partial charge in [-0.15, -0.1) is 5.10 Å². The molecule has 0 spiro atoms. The summed E-state index contributed by atoms with van der Waals surface area (Å²) in [5.41, 5.74) is -1.23. The van der Waals surface area contributed by atoms with Crippen molar-refractivity contribution in [3.8, 4) is 11.5 Å². The standard InChI is InChI=1S/C16H17F3N4O2/c1-2-25-15(24)13-21-14(23(22-13)10-6-3-4-7-10)12-11(16(17,18)19)8-5-9-20-12/h5,8-10H,2-4,6-7H2,1H3. The molecule has 0 N–H and O–H groups in total. The first-order chi connectivity index (χ1) is 11.9. The zero-order chi connectivity index (χ0) is 18.0. The summed E-state index contributed by atoms with van der Waals surface area (Å²) in [5, 5.41) is 4.13. The molecule has 0 saturated heterocycles. The number of alkyl halides is 3. The van der Waals surface area contributed by atoms with E-state index in [1.807, 2.05) is 0 Å². The Morgan fingerprint density at radius 1 is 1.36 bits per heavy atom. The van der Waals surface area contributed by atoms with Gasteiger partial charge < -0.3 is 4.74 Å². The van der Waals surface area contributed by atoms with Gasteiger partial charge in [0.2, 0.25) is 0 Å².